The number of rotatable bonds is 9. The molecule has 0 spiro atoms. The highest BCUT2D eigenvalue weighted by atomic mass is 16.5. The monoisotopic (exact) mass is 796 g/mol. The summed E-state index contributed by atoms with van der Waals surface area (Å²) in [5.41, 5.74) is 12.5. The lowest BCUT2D eigenvalue weighted by atomic mass is 9.91. The van der Waals surface area contributed by atoms with E-state index in [-0.39, 0.29) is 35.7 Å². The van der Waals surface area contributed by atoms with Gasteiger partial charge in [0.1, 0.15) is 17.7 Å². The Balaban J connectivity index is 0.919. The number of aromatic amines is 2. The molecule has 0 bridgehead atoms. The molecule has 0 unspecified atom stereocenters. The molecule has 5 N–H and O–H groups in total. The van der Waals surface area contributed by atoms with E-state index in [9.17, 15) is 14.4 Å². The average molecular weight is 797 g/mol. The number of alkyl carbamates (subject to hydrolysis) is 1. The molecule has 3 fully saturated rings. The minimum absolute atomic E-state index is 0.0164. The number of methoxy groups -OCH3 is 1. The number of nitrogens with one attached hydrogen (secondary N) is 3. The second-order valence-electron chi connectivity index (χ2n) is 16.7. The van der Waals surface area contributed by atoms with Crippen molar-refractivity contribution >= 4 is 50.5 Å². The van der Waals surface area contributed by atoms with Crippen molar-refractivity contribution in [1.29, 1.82) is 0 Å². The number of ether oxygens (including phenoxy) is 2. The number of hydrogen-bond donors (Lipinski definition) is 4. The molecule has 13 nitrogen and oxygen atoms in total. The first kappa shape index (κ1) is 38.7. The van der Waals surface area contributed by atoms with Crippen LogP contribution in [0.4, 0.5) is 4.79 Å². The molecule has 306 valence electrons. The van der Waals surface area contributed by atoms with Crippen LogP contribution in [0, 0.1) is 11.8 Å². The smallest absolute Gasteiger partial charge is 0.407 e. The van der Waals surface area contributed by atoms with Crippen molar-refractivity contribution in [3.8, 4) is 22.4 Å². The topological polar surface area (TPSA) is 172 Å². The van der Waals surface area contributed by atoms with Gasteiger partial charge in [-0.25, -0.2) is 14.8 Å². The maximum absolute atomic E-state index is 13.7. The van der Waals surface area contributed by atoms with Crippen LogP contribution < -0.4 is 11.1 Å². The lowest BCUT2D eigenvalue weighted by Crippen LogP contribution is -2.51. The molecule has 3 saturated heterocycles. The van der Waals surface area contributed by atoms with Gasteiger partial charge >= 0.3 is 6.09 Å². The molecular formula is C46H52N8O5. The van der Waals surface area contributed by atoms with E-state index in [1.807, 2.05) is 29.8 Å². The minimum atomic E-state index is -0.687. The summed E-state index contributed by atoms with van der Waals surface area (Å²) < 4.78 is 10.3. The molecule has 3 aliphatic heterocycles. The number of carbonyl (C=O) groups is 3. The van der Waals surface area contributed by atoms with Gasteiger partial charge in [0.15, 0.2) is 0 Å². The van der Waals surface area contributed by atoms with E-state index in [1.54, 1.807) is 0 Å². The van der Waals surface area contributed by atoms with Gasteiger partial charge in [-0.2, -0.15) is 0 Å². The molecule has 5 heterocycles. The summed E-state index contributed by atoms with van der Waals surface area (Å²) in [5.74, 6) is 1.50. The molecule has 6 aromatic rings. The third kappa shape index (κ3) is 7.42. The number of nitrogens with two attached hydrogens (primary N) is 1. The summed E-state index contributed by atoms with van der Waals surface area (Å²) in [6, 6.07) is 22.1. The molecule has 0 saturated carbocycles. The van der Waals surface area contributed by atoms with Gasteiger partial charge in [0, 0.05) is 37.3 Å². The zero-order valence-corrected chi connectivity index (χ0v) is 33.9. The summed E-state index contributed by atoms with van der Waals surface area (Å²) in [4.78, 5) is 59.9. The standard InChI is InChI=1S/C46H52N8O5/c1-26(2)40(52-46(57)58-3)45(56)54-19-5-7-38(54)43-49-35-15-13-32-23-31(12-14-34(32)41(35)51-43)28-8-9-30-24-33(11-10-29(30)22-28)36-25-48-42(50-36)37-6-4-18-53(37)44(55)39(47)27-16-20-59-21-17-27/h8-15,22-27,37-40H,4-7,16-21,47H2,1-3H3,(H,48,50)(H,49,51)(H,52,57)/t37-,38-,39-,40-/m0/s1. The number of aromatic nitrogens is 4. The number of benzene rings is 4. The Morgan fingerprint density at radius 3 is 2.14 bits per heavy atom. The fourth-order valence-corrected chi connectivity index (χ4v) is 9.38. The summed E-state index contributed by atoms with van der Waals surface area (Å²) in [7, 11) is 1.30. The third-order valence-electron chi connectivity index (χ3n) is 12.7. The molecule has 2 aromatic heterocycles. The van der Waals surface area contributed by atoms with Gasteiger partial charge in [-0.3, -0.25) is 9.59 Å². The van der Waals surface area contributed by atoms with E-state index in [0.29, 0.717) is 26.3 Å². The van der Waals surface area contributed by atoms with Crippen LogP contribution in [0.2, 0.25) is 0 Å². The van der Waals surface area contributed by atoms with E-state index in [2.05, 4.69) is 82.0 Å². The molecule has 3 aliphatic rings. The van der Waals surface area contributed by atoms with Crippen LogP contribution in [0.5, 0.6) is 0 Å². The minimum Gasteiger partial charge on any atom is -0.453 e. The highest BCUT2D eigenvalue weighted by Crippen LogP contribution is 2.37. The van der Waals surface area contributed by atoms with Gasteiger partial charge in [0.25, 0.3) is 0 Å². The molecule has 4 aromatic carbocycles. The largest absolute Gasteiger partial charge is 0.453 e. The van der Waals surface area contributed by atoms with Crippen LogP contribution in [-0.4, -0.2) is 93.1 Å². The maximum Gasteiger partial charge on any atom is 0.407 e. The van der Waals surface area contributed by atoms with Crippen LogP contribution in [0.25, 0.3) is 55.0 Å². The molecule has 13 heteroatoms. The zero-order chi connectivity index (χ0) is 40.8. The average Bonchev–Trinajstić information content (AvgIpc) is 4.11. The Hall–Kier alpha value is -5.79. The number of H-pyrrole nitrogens is 2. The molecule has 59 heavy (non-hydrogen) atoms. The Bertz CT molecular complexity index is 2540. The van der Waals surface area contributed by atoms with E-state index in [0.717, 1.165) is 105 Å². The van der Waals surface area contributed by atoms with Crippen molar-refractivity contribution in [3.05, 3.63) is 84.6 Å². The molecule has 4 atom stereocenters. The second kappa shape index (κ2) is 16.1. The van der Waals surface area contributed by atoms with Gasteiger partial charge in [0.05, 0.1) is 48.2 Å². The van der Waals surface area contributed by atoms with Crippen molar-refractivity contribution in [2.75, 3.05) is 33.4 Å². The van der Waals surface area contributed by atoms with Gasteiger partial charge < -0.3 is 40.3 Å². The number of nitrogens with zero attached hydrogens (tertiary/aromatic N) is 4. The summed E-state index contributed by atoms with van der Waals surface area (Å²) in [5, 5.41) is 7.09. The van der Waals surface area contributed by atoms with Crippen molar-refractivity contribution in [1.82, 2.24) is 35.1 Å². The van der Waals surface area contributed by atoms with Crippen LogP contribution in [0.3, 0.4) is 0 Å². The van der Waals surface area contributed by atoms with Crippen molar-refractivity contribution < 1.29 is 23.9 Å². The van der Waals surface area contributed by atoms with Gasteiger partial charge in [0.2, 0.25) is 11.8 Å². The maximum atomic E-state index is 13.7. The first-order chi connectivity index (χ1) is 28.7. The number of hydrogen-bond acceptors (Lipinski definition) is 8. The lowest BCUT2D eigenvalue weighted by Gasteiger charge is -2.32. The second-order valence-corrected chi connectivity index (χ2v) is 16.7. The van der Waals surface area contributed by atoms with Crippen LogP contribution >= 0.6 is 0 Å². The molecule has 0 aliphatic carbocycles. The van der Waals surface area contributed by atoms with Crippen molar-refractivity contribution in [2.24, 2.45) is 17.6 Å². The molecular weight excluding hydrogens is 745 g/mol. The summed E-state index contributed by atoms with van der Waals surface area (Å²) in [6.07, 6.45) is 6.34. The first-order valence-electron chi connectivity index (χ1n) is 21.0. The Morgan fingerprint density at radius 1 is 0.797 bits per heavy atom. The third-order valence-corrected chi connectivity index (χ3v) is 12.7. The van der Waals surface area contributed by atoms with E-state index >= 15 is 0 Å². The van der Waals surface area contributed by atoms with Gasteiger partial charge in [-0.1, -0.05) is 56.3 Å². The van der Waals surface area contributed by atoms with Crippen molar-refractivity contribution in [2.45, 2.75) is 76.5 Å². The van der Waals surface area contributed by atoms with Gasteiger partial charge in [-0.15, -0.1) is 0 Å². The van der Waals surface area contributed by atoms with E-state index < -0.39 is 18.2 Å². The highest BCUT2D eigenvalue weighted by molar-refractivity contribution is 6.05. The first-order valence-corrected chi connectivity index (χ1v) is 21.0. The summed E-state index contributed by atoms with van der Waals surface area (Å²) in [6.45, 7) is 6.46. The highest BCUT2D eigenvalue weighted by Gasteiger charge is 2.39. The molecule has 3 amide bonds. The zero-order valence-electron chi connectivity index (χ0n) is 33.9. The van der Waals surface area contributed by atoms with Crippen LogP contribution in [0.1, 0.15) is 76.1 Å². The van der Waals surface area contributed by atoms with Crippen LogP contribution in [0.15, 0.2) is 72.9 Å². The van der Waals surface area contributed by atoms with Crippen LogP contribution in [-0.2, 0) is 19.1 Å². The van der Waals surface area contributed by atoms with E-state index in [4.69, 9.17) is 25.2 Å². The Labute approximate surface area is 343 Å². The van der Waals surface area contributed by atoms with E-state index in [1.165, 1.54) is 7.11 Å². The lowest BCUT2D eigenvalue weighted by molar-refractivity contribution is -0.136. The quantitative estimate of drug-likeness (QED) is 0.117. The normalized spacial score (nSPS) is 19.9. The SMILES string of the molecule is COC(=O)N[C@H](C(=O)N1CCC[C@H]1c1nc2c(ccc3cc(-c4ccc5cc(-c6cnc([C@@H]7CCCN7C(=O)[C@@H](N)C7CCOCC7)[nH]6)ccc5c4)ccc32)[nH]1)C(C)C. The summed E-state index contributed by atoms with van der Waals surface area (Å²) >= 11 is 0. The Kier molecular flexibility index (Phi) is 10.6. The molecule has 9 rings (SSSR count). The number of carbonyl (C=O) groups excluding carboxylic acids is 3. The Morgan fingerprint density at radius 2 is 1.42 bits per heavy atom. The fraction of sp³-hybridized carbons (Fsp3) is 0.413. The number of fused-ring (bicyclic) bond motifs is 4. The number of likely N-dealkylation sites (tertiary alicyclic amines) is 2. The van der Waals surface area contributed by atoms with Crippen molar-refractivity contribution in [3.63, 3.8) is 0 Å². The molecule has 0 radical (unpaired) electrons. The number of imidazole rings is 2. The predicted molar refractivity (Wildman–Crippen MR) is 227 cm³/mol. The fourth-order valence-electron chi connectivity index (χ4n) is 9.38. The number of amides is 3. The van der Waals surface area contributed by atoms with Gasteiger partial charge in [-0.05, 0) is 102 Å². The predicted octanol–water partition coefficient (Wildman–Crippen LogP) is 7.39.